The van der Waals surface area contributed by atoms with Crippen molar-refractivity contribution in [2.24, 2.45) is 0 Å². The van der Waals surface area contributed by atoms with Crippen molar-refractivity contribution in [1.82, 2.24) is 15.6 Å². The molecular weight excluding hydrogens is 350 g/mol. The van der Waals surface area contributed by atoms with Gasteiger partial charge in [0.2, 0.25) is 0 Å². The molecule has 2 amide bonds. The number of thiophene rings is 1. The van der Waals surface area contributed by atoms with Crippen LogP contribution in [0.25, 0.3) is 10.1 Å². The molecule has 3 aromatic rings. The number of amides is 2. The second kappa shape index (κ2) is 8.45. The molecular formula is C19H23N3OS2. The van der Waals surface area contributed by atoms with Crippen LogP contribution in [0, 0.1) is 6.92 Å². The molecule has 4 nitrogen and oxygen atoms in total. The van der Waals surface area contributed by atoms with Gasteiger partial charge >= 0.3 is 6.03 Å². The maximum Gasteiger partial charge on any atom is 0.314 e. The number of aromatic nitrogens is 1. The molecule has 0 radical (unpaired) electrons. The lowest BCUT2D eigenvalue weighted by Crippen LogP contribution is -2.37. The van der Waals surface area contributed by atoms with Crippen LogP contribution < -0.4 is 10.6 Å². The number of benzene rings is 1. The van der Waals surface area contributed by atoms with Crippen molar-refractivity contribution in [1.29, 1.82) is 0 Å². The molecule has 2 heterocycles. The average molecular weight is 374 g/mol. The fourth-order valence-electron chi connectivity index (χ4n) is 2.81. The number of hydrogen-bond donors (Lipinski definition) is 2. The summed E-state index contributed by atoms with van der Waals surface area (Å²) in [7, 11) is 0. The Labute approximate surface area is 156 Å². The first kappa shape index (κ1) is 17.9. The second-order valence-electron chi connectivity index (χ2n) is 5.90. The SMILES string of the molecule is CCc1nc(CCNC(=O)NCCc2csc3ccccc23)sc1C. The van der Waals surface area contributed by atoms with Gasteiger partial charge in [0.25, 0.3) is 0 Å². The highest BCUT2D eigenvalue weighted by Gasteiger charge is 2.07. The average Bonchev–Trinajstić information content (AvgIpc) is 3.18. The van der Waals surface area contributed by atoms with Crippen LogP contribution in [0.2, 0.25) is 0 Å². The molecule has 0 aliphatic rings. The van der Waals surface area contributed by atoms with E-state index in [9.17, 15) is 4.79 Å². The number of nitrogens with one attached hydrogen (secondary N) is 2. The number of rotatable bonds is 7. The maximum absolute atomic E-state index is 11.9. The molecule has 0 fully saturated rings. The third-order valence-electron chi connectivity index (χ3n) is 4.14. The van der Waals surface area contributed by atoms with Crippen molar-refractivity contribution >= 4 is 38.8 Å². The quantitative estimate of drug-likeness (QED) is 0.648. The van der Waals surface area contributed by atoms with Crippen molar-refractivity contribution in [2.75, 3.05) is 13.1 Å². The molecule has 2 aromatic heterocycles. The highest BCUT2D eigenvalue weighted by Crippen LogP contribution is 2.25. The van der Waals surface area contributed by atoms with Crippen LogP contribution in [0.15, 0.2) is 29.6 Å². The number of thiazole rings is 1. The maximum atomic E-state index is 11.9. The van der Waals surface area contributed by atoms with Crippen LogP contribution in [0.5, 0.6) is 0 Å². The summed E-state index contributed by atoms with van der Waals surface area (Å²) in [6, 6.07) is 8.28. The Kier molecular flexibility index (Phi) is 6.04. The Morgan fingerprint density at radius 2 is 1.92 bits per heavy atom. The lowest BCUT2D eigenvalue weighted by molar-refractivity contribution is 0.241. The van der Waals surface area contributed by atoms with E-state index in [0.717, 1.165) is 24.3 Å². The van der Waals surface area contributed by atoms with Crippen molar-refractivity contribution in [3.63, 3.8) is 0 Å². The number of hydrogen-bond acceptors (Lipinski definition) is 4. The first-order valence-corrected chi connectivity index (χ1v) is 10.3. The molecule has 0 bridgehead atoms. The van der Waals surface area contributed by atoms with E-state index in [4.69, 9.17) is 0 Å². The zero-order valence-corrected chi connectivity index (χ0v) is 16.2. The van der Waals surface area contributed by atoms with Gasteiger partial charge in [-0.1, -0.05) is 25.1 Å². The Balaban J connectivity index is 1.39. The highest BCUT2D eigenvalue weighted by atomic mass is 32.1. The van der Waals surface area contributed by atoms with Gasteiger partial charge in [-0.2, -0.15) is 0 Å². The third kappa shape index (κ3) is 4.58. The Morgan fingerprint density at radius 3 is 2.68 bits per heavy atom. The Morgan fingerprint density at radius 1 is 1.16 bits per heavy atom. The lowest BCUT2D eigenvalue weighted by Gasteiger charge is -2.06. The van der Waals surface area contributed by atoms with Crippen LogP contribution in [0.1, 0.15) is 28.1 Å². The zero-order chi connectivity index (χ0) is 17.6. The molecule has 0 saturated heterocycles. The molecule has 1 aromatic carbocycles. The van der Waals surface area contributed by atoms with E-state index >= 15 is 0 Å². The van der Waals surface area contributed by atoms with Gasteiger partial charge in [-0.15, -0.1) is 22.7 Å². The van der Waals surface area contributed by atoms with Crippen LogP contribution in [0.4, 0.5) is 4.79 Å². The minimum Gasteiger partial charge on any atom is -0.338 e. The fourth-order valence-corrected chi connectivity index (χ4v) is 4.82. The number of fused-ring (bicyclic) bond motifs is 1. The summed E-state index contributed by atoms with van der Waals surface area (Å²) >= 11 is 3.48. The van der Waals surface area contributed by atoms with E-state index in [0.29, 0.717) is 13.1 Å². The summed E-state index contributed by atoms with van der Waals surface area (Å²) in [5.74, 6) is 0. The molecule has 0 atom stereocenters. The molecule has 6 heteroatoms. The second-order valence-corrected chi connectivity index (χ2v) is 8.10. The summed E-state index contributed by atoms with van der Waals surface area (Å²) in [5, 5.41) is 10.4. The molecule has 0 spiro atoms. The molecule has 0 unspecified atom stereocenters. The minimum atomic E-state index is -0.108. The summed E-state index contributed by atoms with van der Waals surface area (Å²) in [4.78, 5) is 17.8. The Hall–Kier alpha value is -1.92. The monoisotopic (exact) mass is 373 g/mol. The molecule has 25 heavy (non-hydrogen) atoms. The van der Waals surface area contributed by atoms with Crippen LogP contribution >= 0.6 is 22.7 Å². The van der Waals surface area contributed by atoms with Gasteiger partial charge in [-0.3, -0.25) is 0 Å². The summed E-state index contributed by atoms with van der Waals surface area (Å²) in [6.45, 7) is 5.48. The van der Waals surface area contributed by atoms with Crippen molar-refractivity contribution in [3.05, 3.63) is 50.8 Å². The topological polar surface area (TPSA) is 54.0 Å². The fraction of sp³-hybridized carbons (Fsp3) is 0.368. The summed E-state index contributed by atoms with van der Waals surface area (Å²) in [5.41, 5.74) is 2.47. The largest absolute Gasteiger partial charge is 0.338 e. The summed E-state index contributed by atoms with van der Waals surface area (Å²) in [6.07, 6.45) is 2.60. The predicted molar refractivity (Wildman–Crippen MR) is 107 cm³/mol. The number of carbonyl (C=O) groups is 1. The van der Waals surface area contributed by atoms with Gasteiger partial charge < -0.3 is 10.6 Å². The van der Waals surface area contributed by atoms with Crippen LogP contribution in [-0.4, -0.2) is 24.1 Å². The summed E-state index contributed by atoms with van der Waals surface area (Å²) < 4.78 is 1.30. The highest BCUT2D eigenvalue weighted by molar-refractivity contribution is 7.17. The third-order valence-corrected chi connectivity index (χ3v) is 6.22. The molecule has 2 N–H and O–H groups in total. The molecule has 3 rings (SSSR count). The van der Waals surface area contributed by atoms with E-state index in [1.54, 1.807) is 22.7 Å². The molecule has 0 aliphatic carbocycles. The number of carbonyl (C=O) groups excluding carboxylic acids is 1. The standard InChI is InChI=1S/C19H23N3OS2/c1-3-16-13(2)25-18(22-16)9-11-21-19(23)20-10-8-14-12-24-17-7-5-4-6-15(14)17/h4-7,12H,3,8-11H2,1-2H3,(H2,20,21,23). The van der Waals surface area contributed by atoms with E-state index in [-0.39, 0.29) is 6.03 Å². The number of nitrogens with zero attached hydrogens (tertiary/aromatic N) is 1. The van der Waals surface area contributed by atoms with E-state index in [1.165, 1.54) is 26.2 Å². The van der Waals surface area contributed by atoms with Gasteiger partial charge in [0.05, 0.1) is 10.7 Å². The van der Waals surface area contributed by atoms with Crippen LogP contribution in [0.3, 0.4) is 0 Å². The van der Waals surface area contributed by atoms with Gasteiger partial charge in [0.15, 0.2) is 0 Å². The minimum absolute atomic E-state index is 0.108. The predicted octanol–water partition coefficient (Wildman–Crippen LogP) is 4.31. The lowest BCUT2D eigenvalue weighted by atomic mass is 10.1. The van der Waals surface area contributed by atoms with Crippen molar-refractivity contribution in [2.45, 2.75) is 33.1 Å². The number of aryl methyl sites for hydroxylation is 2. The van der Waals surface area contributed by atoms with Crippen molar-refractivity contribution < 1.29 is 4.79 Å². The van der Waals surface area contributed by atoms with E-state index < -0.39 is 0 Å². The Bertz CT molecular complexity index is 853. The normalized spacial score (nSPS) is 11.0. The van der Waals surface area contributed by atoms with Gasteiger partial charge in [0, 0.05) is 29.1 Å². The molecule has 0 aliphatic heterocycles. The zero-order valence-electron chi connectivity index (χ0n) is 14.6. The van der Waals surface area contributed by atoms with E-state index in [2.05, 4.69) is 59.1 Å². The first-order valence-electron chi connectivity index (χ1n) is 8.59. The van der Waals surface area contributed by atoms with Crippen molar-refractivity contribution in [3.8, 4) is 0 Å². The molecule has 0 saturated carbocycles. The van der Waals surface area contributed by atoms with Crippen LogP contribution in [-0.2, 0) is 19.3 Å². The van der Waals surface area contributed by atoms with Gasteiger partial charge in [0.1, 0.15) is 0 Å². The number of urea groups is 1. The van der Waals surface area contributed by atoms with Gasteiger partial charge in [-0.25, -0.2) is 9.78 Å². The van der Waals surface area contributed by atoms with Gasteiger partial charge in [-0.05, 0) is 42.2 Å². The first-order chi connectivity index (χ1) is 12.2. The smallest absolute Gasteiger partial charge is 0.314 e. The van der Waals surface area contributed by atoms with E-state index in [1.807, 2.05) is 0 Å². The molecule has 132 valence electrons.